The standard InChI is InChI=1S/C19H18ClF3N6O4S3/c1-6-10(20)13(19(21,22)23)27-29(6)7(2)14(30)24-11-15(31)28-12(17(32)33)9(4-34-16(11)28)5-35-18-26-25-8(3)36-18/h7,11,16H,4-5H2,1-3H3,(H,24,30)(H,32,33)/t7-,11+,16+/m0/s1. The Bertz CT molecular complexity index is 1280. The number of carboxylic acids is 1. The highest BCUT2D eigenvalue weighted by Crippen LogP contribution is 2.42. The van der Waals surface area contributed by atoms with E-state index in [0.717, 1.165) is 14.6 Å². The first-order valence-corrected chi connectivity index (χ1v) is 13.5. The van der Waals surface area contributed by atoms with Crippen LogP contribution in [0.5, 0.6) is 0 Å². The quantitative estimate of drug-likeness (QED) is 0.373. The lowest BCUT2D eigenvalue weighted by Gasteiger charge is -2.49. The monoisotopic (exact) mass is 582 g/mol. The summed E-state index contributed by atoms with van der Waals surface area (Å²) < 4.78 is 40.9. The molecule has 2 amide bonds. The van der Waals surface area contributed by atoms with Crippen molar-refractivity contribution in [2.75, 3.05) is 11.5 Å². The van der Waals surface area contributed by atoms with Crippen molar-refractivity contribution >= 4 is 64.2 Å². The summed E-state index contributed by atoms with van der Waals surface area (Å²) in [7, 11) is 0. The van der Waals surface area contributed by atoms with Crippen LogP contribution in [-0.4, -0.2) is 70.7 Å². The third kappa shape index (κ3) is 4.82. The molecule has 2 aliphatic rings. The molecule has 17 heteroatoms. The number of carbonyl (C=O) groups is 3. The Hall–Kier alpha value is -2.30. The van der Waals surface area contributed by atoms with E-state index in [-0.39, 0.29) is 11.4 Å². The maximum atomic E-state index is 13.1. The summed E-state index contributed by atoms with van der Waals surface area (Å²) in [5, 5.41) is 23.2. The number of carboxylic acid groups (broad SMARTS) is 1. The number of carbonyl (C=O) groups excluding carboxylic acids is 2. The van der Waals surface area contributed by atoms with Gasteiger partial charge in [0.05, 0.1) is 10.7 Å². The average Bonchev–Trinajstić information content (AvgIpc) is 3.36. The van der Waals surface area contributed by atoms with Crippen LogP contribution in [0.1, 0.15) is 29.4 Å². The van der Waals surface area contributed by atoms with Crippen LogP contribution < -0.4 is 5.32 Å². The summed E-state index contributed by atoms with van der Waals surface area (Å²) in [5.41, 5.74) is -0.959. The Kier molecular flexibility index (Phi) is 7.34. The molecule has 10 nitrogen and oxygen atoms in total. The van der Waals surface area contributed by atoms with Crippen LogP contribution in [0, 0.1) is 13.8 Å². The smallest absolute Gasteiger partial charge is 0.436 e. The zero-order valence-electron chi connectivity index (χ0n) is 18.8. The predicted molar refractivity (Wildman–Crippen MR) is 127 cm³/mol. The minimum absolute atomic E-state index is 0.0518. The summed E-state index contributed by atoms with van der Waals surface area (Å²) in [6.45, 7) is 4.43. The van der Waals surface area contributed by atoms with E-state index in [1.807, 2.05) is 0 Å². The van der Waals surface area contributed by atoms with E-state index in [1.54, 1.807) is 6.92 Å². The van der Waals surface area contributed by atoms with Crippen LogP contribution in [0.3, 0.4) is 0 Å². The number of nitrogens with one attached hydrogen (secondary N) is 1. The molecule has 2 aromatic rings. The van der Waals surface area contributed by atoms with Gasteiger partial charge < -0.3 is 10.4 Å². The fourth-order valence-electron chi connectivity index (χ4n) is 3.72. The minimum Gasteiger partial charge on any atom is -0.477 e. The Morgan fingerprint density at radius 2 is 2.03 bits per heavy atom. The summed E-state index contributed by atoms with van der Waals surface area (Å²) in [6.07, 6.45) is -4.79. The molecule has 2 aliphatic heterocycles. The molecule has 0 saturated carbocycles. The molecule has 4 rings (SSSR count). The number of amides is 2. The highest BCUT2D eigenvalue weighted by atomic mass is 35.5. The van der Waals surface area contributed by atoms with Crippen molar-refractivity contribution in [1.29, 1.82) is 0 Å². The van der Waals surface area contributed by atoms with Gasteiger partial charge in [-0.25, -0.2) is 4.79 Å². The Balaban J connectivity index is 1.47. The molecule has 0 spiro atoms. The van der Waals surface area contributed by atoms with Crippen molar-refractivity contribution in [3.8, 4) is 0 Å². The first-order chi connectivity index (χ1) is 16.8. The fourth-order valence-corrected chi connectivity index (χ4v) is 7.25. The zero-order chi connectivity index (χ0) is 26.5. The predicted octanol–water partition coefficient (Wildman–Crippen LogP) is 3.12. The Labute approximate surface area is 219 Å². The van der Waals surface area contributed by atoms with Crippen LogP contribution in [0.2, 0.25) is 5.02 Å². The fraction of sp³-hybridized carbons (Fsp3) is 0.474. The second kappa shape index (κ2) is 9.87. The van der Waals surface area contributed by atoms with E-state index in [9.17, 15) is 32.7 Å². The largest absolute Gasteiger partial charge is 0.477 e. The molecule has 0 aromatic carbocycles. The maximum Gasteiger partial charge on any atom is 0.436 e. The van der Waals surface area contributed by atoms with E-state index in [0.29, 0.717) is 21.4 Å². The van der Waals surface area contributed by atoms with Crippen LogP contribution in [-0.2, 0) is 20.6 Å². The van der Waals surface area contributed by atoms with Gasteiger partial charge in [-0.2, -0.15) is 18.3 Å². The summed E-state index contributed by atoms with van der Waals surface area (Å²) in [4.78, 5) is 38.8. The topological polar surface area (TPSA) is 130 Å². The molecule has 2 aromatic heterocycles. The molecule has 194 valence electrons. The van der Waals surface area contributed by atoms with Crippen molar-refractivity contribution in [2.24, 2.45) is 0 Å². The Morgan fingerprint density at radius 1 is 1.33 bits per heavy atom. The lowest BCUT2D eigenvalue weighted by Crippen LogP contribution is -2.71. The van der Waals surface area contributed by atoms with Gasteiger partial charge in [0.1, 0.15) is 28.2 Å². The van der Waals surface area contributed by atoms with Crippen molar-refractivity contribution in [3.05, 3.63) is 32.7 Å². The van der Waals surface area contributed by atoms with Gasteiger partial charge in [-0.3, -0.25) is 19.2 Å². The third-order valence-corrected chi connectivity index (χ3v) is 9.37. The number of aliphatic carboxylic acids is 1. The van der Waals surface area contributed by atoms with Gasteiger partial charge in [0.25, 0.3) is 5.91 Å². The number of hydrogen-bond acceptors (Lipinski definition) is 9. The molecule has 0 unspecified atom stereocenters. The number of rotatable bonds is 7. The summed E-state index contributed by atoms with van der Waals surface area (Å²) in [5.74, 6) is -2.03. The van der Waals surface area contributed by atoms with Crippen molar-refractivity contribution in [2.45, 2.75) is 48.7 Å². The van der Waals surface area contributed by atoms with Gasteiger partial charge in [-0.1, -0.05) is 34.7 Å². The average molecular weight is 583 g/mol. The Morgan fingerprint density at radius 3 is 2.58 bits per heavy atom. The molecule has 4 heterocycles. The van der Waals surface area contributed by atoms with Crippen LogP contribution in [0.25, 0.3) is 0 Å². The normalized spacial score (nSPS) is 20.8. The van der Waals surface area contributed by atoms with E-state index in [2.05, 4.69) is 20.6 Å². The third-order valence-electron chi connectivity index (χ3n) is 5.52. The van der Waals surface area contributed by atoms with Gasteiger partial charge in [0, 0.05) is 11.5 Å². The lowest BCUT2D eigenvalue weighted by molar-refractivity contribution is -0.151. The number of thioether (sulfide) groups is 2. The van der Waals surface area contributed by atoms with E-state index >= 15 is 0 Å². The van der Waals surface area contributed by atoms with E-state index < -0.39 is 52.1 Å². The van der Waals surface area contributed by atoms with Gasteiger partial charge in [-0.05, 0) is 26.3 Å². The summed E-state index contributed by atoms with van der Waals surface area (Å²) in [6, 6.07) is -2.24. The first kappa shape index (κ1) is 26.8. The summed E-state index contributed by atoms with van der Waals surface area (Å²) >= 11 is 9.74. The molecule has 2 N–H and O–H groups in total. The molecule has 36 heavy (non-hydrogen) atoms. The van der Waals surface area contributed by atoms with E-state index in [4.69, 9.17) is 11.6 Å². The molecule has 0 aliphatic carbocycles. The molecule has 1 fully saturated rings. The van der Waals surface area contributed by atoms with E-state index in [1.165, 1.54) is 48.7 Å². The molecular formula is C19H18ClF3N6O4S3. The highest BCUT2D eigenvalue weighted by Gasteiger charge is 2.54. The molecule has 3 atom stereocenters. The van der Waals surface area contributed by atoms with Crippen LogP contribution >= 0.6 is 46.5 Å². The molecule has 0 radical (unpaired) electrons. The zero-order valence-corrected chi connectivity index (χ0v) is 22.0. The minimum atomic E-state index is -4.79. The SMILES string of the molecule is Cc1nnc(SCC2=C(C(=O)O)N3C(=O)[C@@H](NC(=O)[C@H](C)n4nc(C(F)(F)F)c(Cl)c4C)[C@H]3SC2)s1. The molecular weight excluding hydrogens is 565 g/mol. The number of aromatic nitrogens is 4. The van der Waals surface area contributed by atoms with Gasteiger partial charge in [0.15, 0.2) is 10.0 Å². The molecule has 0 bridgehead atoms. The number of aryl methyl sites for hydroxylation is 1. The number of hydrogen-bond donors (Lipinski definition) is 2. The maximum absolute atomic E-state index is 13.1. The lowest BCUT2D eigenvalue weighted by atomic mass is 10.0. The number of halogens is 4. The second-order valence-electron chi connectivity index (χ2n) is 7.90. The first-order valence-electron chi connectivity index (χ1n) is 10.3. The highest BCUT2D eigenvalue weighted by molar-refractivity contribution is 8.01. The molecule has 1 saturated heterocycles. The van der Waals surface area contributed by atoms with Gasteiger partial charge in [0.2, 0.25) is 5.91 Å². The van der Waals surface area contributed by atoms with Crippen molar-refractivity contribution in [1.82, 2.24) is 30.2 Å². The van der Waals surface area contributed by atoms with Gasteiger partial charge in [-0.15, -0.1) is 22.0 Å². The van der Waals surface area contributed by atoms with Gasteiger partial charge >= 0.3 is 12.1 Å². The van der Waals surface area contributed by atoms with Crippen molar-refractivity contribution < 1.29 is 32.7 Å². The number of β-lactam (4-membered cyclic amide) rings is 1. The second-order valence-corrected chi connectivity index (χ2v) is 11.8. The van der Waals surface area contributed by atoms with Crippen LogP contribution in [0.4, 0.5) is 13.2 Å². The number of fused-ring (bicyclic) bond motifs is 1. The van der Waals surface area contributed by atoms with Crippen LogP contribution in [0.15, 0.2) is 15.6 Å². The number of alkyl halides is 3. The van der Waals surface area contributed by atoms with Crippen molar-refractivity contribution in [3.63, 3.8) is 0 Å². The number of nitrogens with zero attached hydrogens (tertiary/aromatic N) is 5.